The van der Waals surface area contributed by atoms with Crippen LogP contribution in [0.1, 0.15) is 0 Å². The van der Waals surface area contributed by atoms with Gasteiger partial charge in [0.05, 0.1) is 16.1 Å². The van der Waals surface area contributed by atoms with Gasteiger partial charge in [0.1, 0.15) is 11.6 Å². The Morgan fingerprint density at radius 2 is 2.00 bits per heavy atom. The Hall–Kier alpha value is -2.07. The summed E-state index contributed by atoms with van der Waals surface area (Å²) in [6, 6.07) is 9.76. The van der Waals surface area contributed by atoms with Crippen LogP contribution in [0.2, 0.25) is 5.02 Å². The Morgan fingerprint density at radius 1 is 1.21 bits per heavy atom. The van der Waals surface area contributed by atoms with E-state index in [1.165, 1.54) is 12.1 Å². The predicted molar refractivity (Wildman–Crippen MR) is 75.5 cm³/mol. The highest BCUT2D eigenvalue weighted by atomic mass is 35.5. The third-order valence-electron chi connectivity index (χ3n) is 3.08. The Labute approximate surface area is 114 Å². The molecule has 0 bridgehead atoms. The summed E-state index contributed by atoms with van der Waals surface area (Å²) in [4.78, 5) is 4.49. The van der Waals surface area contributed by atoms with Gasteiger partial charge in [-0.15, -0.1) is 0 Å². The number of hydrogen-bond acceptors (Lipinski definition) is 2. The van der Waals surface area contributed by atoms with Crippen molar-refractivity contribution >= 4 is 28.3 Å². The lowest BCUT2D eigenvalue weighted by Crippen LogP contribution is -1.94. The minimum absolute atomic E-state index is 0.287. The Bertz CT molecular complexity index is 780. The first-order valence-electron chi connectivity index (χ1n) is 5.73. The van der Waals surface area contributed by atoms with Gasteiger partial charge >= 0.3 is 0 Å². The van der Waals surface area contributed by atoms with Crippen LogP contribution < -0.4 is 5.73 Å². The van der Waals surface area contributed by atoms with E-state index in [1.807, 2.05) is 17.7 Å². The van der Waals surface area contributed by atoms with Gasteiger partial charge in [0.15, 0.2) is 0 Å². The van der Waals surface area contributed by atoms with Crippen LogP contribution in [0.15, 0.2) is 36.4 Å². The summed E-state index contributed by atoms with van der Waals surface area (Å²) >= 11 is 6.19. The standard InChI is InChI=1S/C14H11ClFN3/c1-19-13-6-8(16)2-5-12(13)18-14(19)10-4-3-9(17)7-11(10)15/h2-7H,17H2,1H3. The van der Waals surface area contributed by atoms with E-state index in [-0.39, 0.29) is 5.82 Å². The highest BCUT2D eigenvalue weighted by Gasteiger charge is 2.13. The summed E-state index contributed by atoms with van der Waals surface area (Å²) in [5.41, 5.74) is 8.50. The Balaban J connectivity index is 2.28. The maximum atomic E-state index is 13.3. The zero-order valence-corrected chi connectivity index (χ0v) is 10.9. The van der Waals surface area contributed by atoms with Crippen LogP contribution in [-0.4, -0.2) is 9.55 Å². The van der Waals surface area contributed by atoms with E-state index in [2.05, 4.69) is 4.98 Å². The van der Waals surface area contributed by atoms with E-state index in [0.29, 0.717) is 16.5 Å². The molecule has 0 aliphatic heterocycles. The second-order valence-electron chi connectivity index (χ2n) is 4.37. The van der Waals surface area contributed by atoms with Gasteiger partial charge in [-0.05, 0) is 36.4 Å². The van der Waals surface area contributed by atoms with E-state index in [9.17, 15) is 4.39 Å². The number of imidazole rings is 1. The number of aryl methyl sites for hydroxylation is 1. The average Bonchev–Trinajstić information content (AvgIpc) is 2.67. The largest absolute Gasteiger partial charge is 0.399 e. The van der Waals surface area contributed by atoms with Gasteiger partial charge in [0, 0.05) is 18.3 Å². The number of nitrogen functional groups attached to an aromatic ring is 1. The lowest BCUT2D eigenvalue weighted by atomic mass is 10.2. The Morgan fingerprint density at radius 3 is 2.74 bits per heavy atom. The van der Waals surface area contributed by atoms with Crippen LogP contribution >= 0.6 is 11.6 Å². The normalized spacial score (nSPS) is 11.1. The lowest BCUT2D eigenvalue weighted by Gasteiger charge is -2.05. The van der Waals surface area contributed by atoms with Crippen LogP contribution in [0.25, 0.3) is 22.4 Å². The molecule has 0 amide bonds. The molecular weight excluding hydrogens is 265 g/mol. The minimum Gasteiger partial charge on any atom is -0.399 e. The van der Waals surface area contributed by atoms with E-state index in [1.54, 1.807) is 18.2 Å². The van der Waals surface area contributed by atoms with Crippen molar-refractivity contribution in [3.8, 4) is 11.4 Å². The van der Waals surface area contributed by atoms with Crippen LogP contribution in [0.5, 0.6) is 0 Å². The van der Waals surface area contributed by atoms with Crippen LogP contribution in [0, 0.1) is 5.82 Å². The number of benzene rings is 2. The first-order chi connectivity index (χ1) is 9.06. The van der Waals surface area contributed by atoms with Crippen molar-refractivity contribution in [1.82, 2.24) is 9.55 Å². The summed E-state index contributed by atoms with van der Waals surface area (Å²) in [6.07, 6.45) is 0. The fourth-order valence-corrected chi connectivity index (χ4v) is 2.39. The summed E-state index contributed by atoms with van der Waals surface area (Å²) in [6.45, 7) is 0. The molecule has 0 spiro atoms. The quantitative estimate of drug-likeness (QED) is 0.690. The molecule has 0 atom stereocenters. The van der Waals surface area contributed by atoms with Crippen molar-refractivity contribution in [1.29, 1.82) is 0 Å². The molecule has 1 aromatic heterocycles. The van der Waals surface area contributed by atoms with Crippen molar-refractivity contribution in [2.45, 2.75) is 0 Å². The highest BCUT2D eigenvalue weighted by molar-refractivity contribution is 6.33. The van der Waals surface area contributed by atoms with Crippen molar-refractivity contribution in [3.05, 3.63) is 47.2 Å². The van der Waals surface area contributed by atoms with Crippen LogP contribution in [-0.2, 0) is 7.05 Å². The predicted octanol–water partition coefficient (Wildman–Crippen LogP) is 3.62. The molecule has 2 aromatic carbocycles. The Kier molecular flexibility index (Phi) is 2.68. The van der Waals surface area contributed by atoms with Gasteiger partial charge in [-0.2, -0.15) is 0 Å². The summed E-state index contributed by atoms with van der Waals surface area (Å²) in [5.74, 6) is 0.399. The zero-order valence-electron chi connectivity index (χ0n) is 10.2. The van der Waals surface area contributed by atoms with Gasteiger partial charge in [-0.1, -0.05) is 11.6 Å². The van der Waals surface area contributed by atoms with Gasteiger partial charge in [-0.3, -0.25) is 0 Å². The number of halogens is 2. The second kappa shape index (κ2) is 4.24. The molecule has 0 fully saturated rings. The maximum absolute atomic E-state index is 13.3. The topological polar surface area (TPSA) is 43.8 Å². The van der Waals surface area contributed by atoms with Gasteiger partial charge < -0.3 is 10.3 Å². The van der Waals surface area contributed by atoms with Crippen LogP contribution in [0.4, 0.5) is 10.1 Å². The van der Waals surface area contributed by atoms with Gasteiger partial charge in [0.25, 0.3) is 0 Å². The van der Waals surface area contributed by atoms with Crippen LogP contribution in [0.3, 0.4) is 0 Å². The fraction of sp³-hybridized carbons (Fsp3) is 0.0714. The monoisotopic (exact) mass is 275 g/mol. The number of rotatable bonds is 1. The second-order valence-corrected chi connectivity index (χ2v) is 4.77. The third-order valence-corrected chi connectivity index (χ3v) is 3.39. The smallest absolute Gasteiger partial charge is 0.142 e. The van der Waals surface area contributed by atoms with Crippen molar-refractivity contribution in [2.75, 3.05) is 5.73 Å². The number of hydrogen-bond donors (Lipinski definition) is 1. The summed E-state index contributed by atoms with van der Waals surface area (Å²) in [7, 11) is 1.83. The molecule has 0 saturated carbocycles. The molecule has 3 aromatic rings. The first kappa shape index (κ1) is 12.0. The number of nitrogens with two attached hydrogens (primary N) is 1. The van der Waals surface area contributed by atoms with Crippen molar-refractivity contribution < 1.29 is 4.39 Å². The zero-order chi connectivity index (χ0) is 13.6. The van der Waals surface area contributed by atoms with E-state index in [4.69, 9.17) is 17.3 Å². The molecular formula is C14H11ClFN3. The molecule has 2 N–H and O–H groups in total. The molecule has 3 nitrogen and oxygen atoms in total. The molecule has 0 aliphatic carbocycles. The maximum Gasteiger partial charge on any atom is 0.142 e. The highest BCUT2D eigenvalue weighted by Crippen LogP contribution is 2.31. The number of fused-ring (bicyclic) bond motifs is 1. The molecule has 1 heterocycles. The average molecular weight is 276 g/mol. The van der Waals surface area contributed by atoms with E-state index < -0.39 is 0 Å². The molecule has 0 aliphatic rings. The molecule has 0 unspecified atom stereocenters. The van der Waals surface area contributed by atoms with Crippen molar-refractivity contribution in [3.63, 3.8) is 0 Å². The van der Waals surface area contributed by atoms with E-state index in [0.717, 1.165) is 16.6 Å². The number of aromatic nitrogens is 2. The first-order valence-corrected chi connectivity index (χ1v) is 6.11. The molecule has 3 rings (SSSR count). The molecule has 96 valence electrons. The number of nitrogens with zero attached hydrogens (tertiary/aromatic N) is 2. The molecule has 0 saturated heterocycles. The lowest BCUT2D eigenvalue weighted by molar-refractivity contribution is 0.629. The molecule has 0 radical (unpaired) electrons. The SMILES string of the molecule is Cn1c(-c2ccc(N)cc2Cl)nc2ccc(F)cc21. The number of anilines is 1. The molecule has 19 heavy (non-hydrogen) atoms. The van der Waals surface area contributed by atoms with E-state index >= 15 is 0 Å². The molecule has 5 heteroatoms. The fourth-order valence-electron chi connectivity index (χ4n) is 2.12. The third kappa shape index (κ3) is 1.94. The van der Waals surface area contributed by atoms with Gasteiger partial charge in [0.2, 0.25) is 0 Å². The van der Waals surface area contributed by atoms with Gasteiger partial charge in [-0.25, -0.2) is 9.37 Å². The summed E-state index contributed by atoms with van der Waals surface area (Å²) in [5, 5.41) is 0.527. The van der Waals surface area contributed by atoms with Crippen molar-refractivity contribution in [2.24, 2.45) is 7.05 Å². The summed E-state index contributed by atoms with van der Waals surface area (Å²) < 4.78 is 15.1. The minimum atomic E-state index is -0.287.